The molecule has 1 aromatic carbocycles. The lowest BCUT2D eigenvalue weighted by molar-refractivity contribution is 0.0500. The van der Waals surface area contributed by atoms with Crippen LogP contribution in [0.4, 0.5) is 0 Å². The van der Waals surface area contributed by atoms with E-state index >= 15 is 0 Å². The van der Waals surface area contributed by atoms with Gasteiger partial charge in [-0.2, -0.15) is 0 Å². The van der Waals surface area contributed by atoms with Crippen molar-refractivity contribution >= 4 is 38.2 Å². The van der Waals surface area contributed by atoms with E-state index in [2.05, 4.69) is 20.5 Å². The summed E-state index contributed by atoms with van der Waals surface area (Å²) in [5.74, 6) is 0. The van der Waals surface area contributed by atoms with Crippen LogP contribution in [0.1, 0.15) is 16.7 Å². The van der Waals surface area contributed by atoms with Crippen LogP contribution in [0.5, 0.6) is 0 Å². The average Bonchev–Trinajstić information content (AvgIpc) is 3.37. The molecule has 0 N–H and O–H groups in total. The van der Waals surface area contributed by atoms with E-state index in [-0.39, 0.29) is 17.4 Å². The average molecular weight is 472 g/mol. The standard InChI is InChI=1S/C21H18BrN3O3S/c1-23-17-15(20(26)24(2)21(23)27)16(12-5-7-13(22)8-6-12)25-9-10-28-19(18(17)25)14-4-3-11-29-14/h3-8,11,19H,9-10H2,1-2H3. The van der Waals surface area contributed by atoms with Crippen molar-refractivity contribution in [3.63, 3.8) is 0 Å². The van der Waals surface area contributed by atoms with Crippen molar-refractivity contribution in [2.45, 2.75) is 12.6 Å². The minimum atomic E-state index is -0.339. The van der Waals surface area contributed by atoms with Crippen LogP contribution >= 0.6 is 27.3 Å². The van der Waals surface area contributed by atoms with E-state index in [1.54, 1.807) is 23.0 Å². The van der Waals surface area contributed by atoms with Gasteiger partial charge in [0.1, 0.15) is 6.10 Å². The van der Waals surface area contributed by atoms with Gasteiger partial charge in [-0.25, -0.2) is 4.79 Å². The topological polar surface area (TPSA) is 58.2 Å². The first-order chi connectivity index (χ1) is 14.0. The molecular weight excluding hydrogens is 454 g/mol. The fourth-order valence-corrected chi connectivity index (χ4v) is 5.18. The highest BCUT2D eigenvalue weighted by molar-refractivity contribution is 9.10. The second-order valence-corrected chi connectivity index (χ2v) is 8.98. The number of halogens is 1. The van der Waals surface area contributed by atoms with Crippen molar-refractivity contribution in [3.8, 4) is 11.3 Å². The number of aromatic nitrogens is 3. The third kappa shape index (κ3) is 2.70. The summed E-state index contributed by atoms with van der Waals surface area (Å²) >= 11 is 5.09. The summed E-state index contributed by atoms with van der Waals surface area (Å²) in [7, 11) is 3.25. The third-order valence-corrected chi connectivity index (χ3v) is 6.92. The van der Waals surface area contributed by atoms with Crippen molar-refractivity contribution < 1.29 is 4.74 Å². The first-order valence-electron chi connectivity index (χ1n) is 9.22. The zero-order chi connectivity index (χ0) is 20.3. The highest BCUT2D eigenvalue weighted by Gasteiger charge is 2.33. The Hall–Kier alpha value is -2.42. The Morgan fingerprint density at radius 3 is 2.55 bits per heavy atom. The molecule has 4 heterocycles. The zero-order valence-corrected chi connectivity index (χ0v) is 18.3. The van der Waals surface area contributed by atoms with Crippen LogP contribution in [-0.4, -0.2) is 20.3 Å². The van der Waals surface area contributed by atoms with Crippen LogP contribution in [-0.2, 0) is 25.4 Å². The summed E-state index contributed by atoms with van der Waals surface area (Å²) in [6, 6.07) is 11.9. The first kappa shape index (κ1) is 18.6. The number of aryl methyl sites for hydroxylation is 1. The molecule has 1 aliphatic heterocycles. The van der Waals surface area contributed by atoms with Crippen LogP contribution < -0.4 is 11.2 Å². The predicted molar refractivity (Wildman–Crippen MR) is 118 cm³/mol. The van der Waals surface area contributed by atoms with Gasteiger partial charge in [0.2, 0.25) is 0 Å². The lowest BCUT2D eigenvalue weighted by Gasteiger charge is -2.26. The van der Waals surface area contributed by atoms with Gasteiger partial charge in [0.15, 0.2) is 0 Å². The summed E-state index contributed by atoms with van der Waals surface area (Å²) in [6.07, 6.45) is -0.312. The number of benzene rings is 1. The molecule has 0 radical (unpaired) electrons. The molecule has 0 bridgehead atoms. The Kier molecular flexibility index (Phi) is 4.38. The number of ether oxygens (including phenoxy) is 1. The number of hydrogen-bond donors (Lipinski definition) is 0. The fraction of sp³-hybridized carbons (Fsp3) is 0.238. The lowest BCUT2D eigenvalue weighted by atomic mass is 10.1. The van der Waals surface area contributed by atoms with E-state index < -0.39 is 0 Å². The molecule has 1 unspecified atom stereocenters. The van der Waals surface area contributed by atoms with Crippen molar-refractivity contribution in [3.05, 3.63) is 77.7 Å². The van der Waals surface area contributed by atoms with E-state index in [1.807, 2.05) is 41.8 Å². The van der Waals surface area contributed by atoms with Crippen molar-refractivity contribution in [1.82, 2.24) is 13.7 Å². The SMILES string of the molecule is Cn1c(=O)c2c(-c3ccc(Br)cc3)n3c(c2n(C)c1=O)C(c1cccs1)OCC3. The number of rotatable bonds is 2. The van der Waals surface area contributed by atoms with Gasteiger partial charge < -0.3 is 9.30 Å². The molecule has 0 saturated heterocycles. The first-order valence-corrected chi connectivity index (χ1v) is 10.9. The summed E-state index contributed by atoms with van der Waals surface area (Å²) < 4.78 is 12.0. The highest BCUT2D eigenvalue weighted by atomic mass is 79.9. The van der Waals surface area contributed by atoms with Crippen LogP contribution in [0, 0.1) is 0 Å². The van der Waals surface area contributed by atoms with E-state index in [0.717, 1.165) is 26.3 Å². The molecule has 0 amide bonds. The van der Waals surface area contributed by atoms with E-state index in [9.17, 15) is 9.59 Å². The largest absolute Gasteiger partial charge is 0.364 e. The number of nitrogens with zero attached hydrogens (tertiary/aromatic N) is 3. The second kappa shape index (κ2) is 6.83. The van der Waals surface area contributed by atoms with Crippen LogP contribution in [0.2, 0.25) is 0 Å². The molecule has 5 rings (SSSR count). The van der Waals surface area contributed by atoms with E-state index in [1.165, 1.54) is 11.6 Å². The Balaban J connectivity index is 1.97. The maximum Gasteiger partial charge on any atom is 0.331 e. The summed E-state index contributed by atoms with van der Waals surface area (Å²) in [5, 5.41) is 2.56. The van der Waals surface area contributed by atoms with Gasteiger partial charge >= 0.3 is 5.69 Å². The number of hydrogen-bond acceptors (Lipinski definition) is 4. The molecule has 0 aliphatic carbocycles. The van der Waals surface area contributed by atoms with Gasteiger partial charge in [-0.1, -0.05) is 34.1 Å². The summed E-state index contributed by atoms with van der Waals surface area (Å²) in [6.45, 7) is 1.16. The number of thiophene rings is 1. The molecule has 148 valence electrons. The molecule has 8 heteroatoms. The smallest absolute Gasteiger partial charge is 0.331 e. The molecule has 3 aromatic heterocycles. The summed E-state index contributed by atoms with van der Waals surface area (Å²) in [5.41, 5.74) is 2.66. The van der Waals surface area contributed by atoms with Crippen LogP contribution in [0.25, 0.3) is 22.2 Å². The molecule has 1 atom stereocenters. The van der Waals surface area contributed by atoms with Gasteiger partial charge in [-0.15, -0.1) is 11.3 Å². The second-order valence-electron chi connectivity index (χ2n) is 7.09. The molecule has 0 spiro atoms. The molecule has 29 heavy (non-hydrogen) atoms. The van der Waals surface area contributed by atoms with Gasteiger partial charge in [0.25, 0.3) is 5.56 Å². The normalized spacial score (nSPS) is 16.3. The molecule has 0 fully saturated rings. The van der Waals surface area contributed by atoms with Gasteiger partial charge in [-0.05, 0) is 29.1 Å². The minimum absolute atomic E-state index is 0.284. The van der Waals surface area contributed by atoms with Crippen LogP contribution in [0.15, 0.2) is 55.8 Å². The van der Waals surface area contributed by atoms with Crippen LogP contribution in [0.3, 0.4) is 0 Å². The predicted octanol–water partition coefficient (Wildman–Crippen LogP) is 3.65. The van der Waals surface area contributed by atoms with Gasteiger partial charge in [-0.3, -0.25) is 13.9 Å². The lowest BCUT2D eigenvalue weighted by Crippen LogP contribution is -2.37. The molecule has 1 aliphatic rings. The Labute approximate surface area is 178 Å². The minimum Gasteiger partial charge on any atom is -0.364 e. The third-order valence-electron chi connectivity index (χ3n) is 5.47. The van der Waals surface area contributed by atoms with Gasteiger partial charge in [0.05, 0.1) is 28.9 Å². The molecular formula is C21H18BrN3O3S. The monoisotopic (exact) mass is 471 g/mol. The zero-order valence-electron chi connectivity index (χ0n) is 15.9. The summed E-state index contributed by atoms with van der Waals surface area (Å²) in [4.78, 5) is 27.1. The Morgan fingerprint density at radius 1 is 1.10 bits per heavy atom. The fourth-order valence-electron chi connectivity index (χ4n) is 4.14. The maximum atomic E-state index is 13.3. The van der Waals surface area contributed by atoms with E-state index in [0.29, 0.717) is 24.1 Å². The quantitative estimate of drug-likeness (QED) is 0.448. The number of fused-ring (bicyclic) bond motifs is 3. The molecule has 4 aromatic rings. The molecule has 6 nitrogen and oxygen atoms in total. The Bertz CT molecular complexity index is 1350. The Morgan fingerprint density at radius 2 is 1.86 bits per heavy atom. The van der Waals surface area contributed by atoms with E-state index in [4.69, 9.17) is 4.74 Å². The maximum absolute atomic E-state index is 13.3. The van der Waals surface area contributed by atoms with Gasteiger partial charge in [0, 0.05) is 30.0 Å². The molecule has 0 saturated carbocycles. The highest BCUT2D eigenvalue weighted by Crippen LogP contribution is 2.41. The van der Waals surface area contributed by atoms with Crippen molar-refractivity contribution in [2.24, 2.45) is 14.1 Å². The van der Waals surface area contributed by atoms with Crippen molar-refractivity contribution in [2.75, 3.05) is 6.61 Å². The van der Waals surface area contributed by atoms with Crippen molar-refractivity contribution in [1.29, 1.82) is 0 Å².